The molecule has 1 aromatic heterocycles. The van der Waals surface area contributed by atoms with Crippen LogP contribution in [0, 0.1) is 5.82 Å². The van der Waals surface area contributed by atoms with Crippen LogP contribution < -0.4 is 11.2 Å². The Hall–Kier alpha value is -1.63. The maximum Gasteiger partial charge on any atom is 0.331 e. The summed E-state index contributed by atoms with van der Waals surface area (Å²) < 4.78 is 19.2. The molecule has 0 aliphatic heterocycles. The molecule has 1 aromatic rings. The third kappa shape index (κ3) is 3.69. The number of ether oxygens (including phenoxy) is 1. The van der Waals surface area contributed by atoms with E-state index in [4.69, 9.17) is 4.74 Å². The zero-order chi connectivity index (χ0) is 13.7. The number of rotatable bonds is 6. The quantitative estimate of drug-likeness (QED) is 0.733. The Morgan fingerprint density at radius 2 is 2.06 bits per heavy atom. The first-order valence-corrected chi connectivity index (χ1v) is 5.76. The number of unbranched alkanes of at least 4 members (excludes halogenated alkanes) is 1. The zero-order valence-electron chi connectivity index (χ0n) is 10.4. The first-order valence-electron chi connectivity index (χ1n) is 5.76. The maximum absolute atomic E-state index is 13.1. The van der Waals surface area contributed by atoms with Gasteiger partial charge in [0.05, 0.1) is 6.10 Å². The van der Waals surface area contributed by atoms with Crippen LogP contribution in [-0.4, -0.2) is 27.4 Å². The summed E-state index contributed by atoms with van der Waals surface area (Å²) in [6.45, 7) is 4.47. The highest BCUT2D eigenvalue weighted by atomic mass is 19.1. The Morgan fingerprint density at radius 1 is 1.39 bits per heavy atom. The van der Waals surface area contributed by atoms with Gasteiger partial charge in [-0.25, -0.2) is 4.79 Å². The summed E-state index contributed by atoms with van der Waals surface area (Å²) in [4.78, 5) is 24.0. The molecule has 18 heavy (non-hydrogen) atoms. The summed E-state index contributed by atoms with van der Waals surface area (Å²) in [5.74, 6) is -2.26. The van der Waals surface area contributed by atoms with Gasteiger partial charge in [-0.2, -0.15) is 4.39 Å². The third-order valence-electron chi connectivity index (χ3n) is 2.34. The van der Waals surface area contributed by atoms with E-state index in [-0.39, 0.29) is 12.6 Å². The van der Waals surface area contributed by atoms with E-state index in [0.717, 1.165) is 4.57 Å². The second-order valence-corrected chi connectivity index (χ2v) is 4.18. The van der Waals surface area contributed by atoms with E-state index in [1.54, 1.807) is 4.98 Å². The van der Waals surface area contributed by atoms with Crippen molar-refractivity contribution >= 4 is 0 Å². The third-order valence-corrected chi connectivity index (χ3v) is 2.34. The van der Waals surface area contributed by atoms with Crippen LogP contribution >= 0.6 is 0 Å². The molecule has 0 saturated carbocycles. The normalized spacial score (nSPS) is 11.1. The fraction of sp³-hybridized carbons (Fsp3) is 0.636. The summed E-state index contributed by atoms with van der Waals surface area (Å²) in [5.41, 5.74) is -2.03. The van der Waals surface area contributed by atoms with Gasteiger partial charge in [0, 0.05) is 13.2 Å². The molecule has 102 valence electrons. The Balaban J connectivity index is 2.61. The van der Waals surface area contributed by atoms with Crippen molar-refractivity contribution in [2.75, 3.05) is 6.61 Å². The number of aromatic amines is 1. The van der Waals surface area contributed by atoms with E-state index in [0.29, 0.717) is 19.4 Å². The van der Waals surface area contributed by atoms with Crippen LogP contribution in [0.4, 0.5) is 4.39 Å². The van der Waals surface area contributed by atoms with Crippen LogP contribution in [0.25, 0.3) is 0 Å². The lowest BCUT2D eigenvalue weighted by atomic mass is 10.3. The highest BCUT2D eigenvalue weighted by Gasteiger charge is 2.12. The molecule has 0 saturated heterocycles. The monoisotopic (exact) mass is 260 g/mol. The van der Waals surface area contributed by atoms with E-state index in [2.05, 4.69) is 0 Å². The average molecular weight is 260 g/mol. The largest absolute Gasteiger partial charge is 0.492 e. The fourth-order valence-corrected chi connectivity index (χ4v) is 1.43. The molecular weight excluding hydrogens is 243 g/mol. The molecule has 0 aliphatic rings. The molecule has 0 radical (unpaired) electrons. The summed E-state index contributed by atoms with van der Waals surface area (Å²) in [6, 6.07) is 0. The number of H-pyrrole nitrogens is 1. The number of hydrogen-bond donors (Lipinski definition) is 2. The highest BCUT2D eigenvalue weighted by molar-refractivity contribution is 5.09. The average Bonchev–Trinajstić information content (AvgIpc) is 2.29. The summed E-state index contributed by atoms with van der Waals surface area (Å²) in [6.07, 6.45) is 1.34. The van der Waals surface area contributed by atoms with Crippen molar-refractivity contribution in [1.29, 1.82) is 0 Å². The fourth-order valence-electron chi connectivity index (χ4n) is 1.43. The zero-order valence-corrected chi connectivity index (χ0v) is 10.4. The van der Waals surface area contributed by atoms with Crippen LogP contribution in [-0.2, 0) is 11.3 Å². The van der Waals surface area contributed by atoms with Crippen molar-refractivity contribution in [3.63, 3.8) is 0 Å². The van der Waals surface area contributed by atoms with Gasteiger partial charge in [0.15, 0.2) is 0 Å². The number of hydrogen-bond acceptors (Lipinski definition) is 4. The number of nitrogens with one attached hydrogen (secondary N) is 1. The summed E-state index contributed by atoms with van der Waals surface area (Å²) in [7, 11) is 0. The van der Waals surface area contributed by atoms with Gasteiger partial charge in [-0.3, -0.25) is 14.3 Å². The van der Waals surface area contributed by atoms with E-state index >= 15 is 0 Å². The molecule has 0 unspecified atom stereocenters. The van der Waals surface area contributed by atoms with Gasteiger partial charge in [-0.05, 0) is 26.7 Å². The number of nitrogens with zero attached hydrogens (tertiary/aromatic N) is 1. The van der Waals surface area contributed by atoms with Crippen LogP contribution in [0.5, 0.6) is 5.88 Å². The predicted molar refractivity (Wildman–Crippen MR) is 63.3 cm³/mol. The van der Waals surface area contributed by atoms with Crippen molar-refractivity contribution in [2.24, 2.45) is 0 Å². The lowest BCUT2D eigenvalue weighted by Crippen LogP contribution is -2.32. The Kier molecular flexibility index (Phi) is 5.08. The van der Waals surface area contributed by atoms with E-state index in [9.17, 15) is 19.1 Å². The Bertz CT molecular complexity index is 507. The minimum Gasteiger partial charge on any atom is -0.492 e. The van der Waals surface area contributed by atoms with Gasteiger partial charge in [-0.1, -0.05) is 0 Å². The van der Waals surface area contributed by atoms with Crippen molar-refractivity contribution in [3.8, 4) is 5.88 Å². The SMILES string of the molecule is CC(C)OCCCCn1c(O)c(F)c(=O)[nH]c1=O. The van der Waals surface area contributed by atoms with Crippen LogP contribution in [0.3, 0.4) is 0 Å². The summed E-state index contributed by atoms with van der Waals surface area (Å²) >= 11 is 0. The molecule has 0 amide bonds. The molecule has 0 spiro atoms. The lowest BCUT2D eigenvalue weighted by Gasteiger charge is -2.09. The molecule has 2 N–H and O–H groups in total. The standard InChI is InChI=1S/C11H17FN2O4/c1-7(2)18-6-4-3-5-14-10(16)8(12)9(15)13-11(14)17/h7,16H,3-6H2,1-2H3,(H,13,15,17). The second-order valence-electron chi connectivity index (χ2n) is 4.18. The van der Waals surface area contributed by atoms with Crippen LogP contribution in [0.2, 0.25) is 0 Å². The number of aromatic nitrogens is 2. The minimum absolute atomic E-state index is 0.125. The first kappa shape index (κ1) is 14.4. The molecular formula is C11H17FN2O4. The van der Waals surface area contributed by atoms with E-state index in [1.807, 2.05) is 13.8 Å². The predicted octanol–water partition coefficient (Wildman–Crippen LogP) is 0.587. The van der Waals surface area contributed by atoms with Crippen LogP contribution in [0.15, 0.2) is 9.59 Å². The molecule has 0 fully saturated rings. The molecule has 0 atom stereocenters. The van der Waals surface area contributed by atoms with Crippen molar-refractivity contribution in [2.45, 2.75) is 39.3 Å². The topological polar surface area (TPSA) is 84.3 Å². The van der Waals surface area contributed by atoms with E-state index < -0.39 is 22.9 Å². The second kappa shape index (κ2) is 6.34. The first-order chi connectivity index (χ1) is 8.43. The molecule has 1 heterocycles. The van der Waals surface area contributed by atoms with Crippen molar-refractivity contribution < 1.29 is 14.2 Å². The number of aromatic hydroxyl groups is 1. The molecule has 0 aliphatic carbocycles. The Morgan fingerprint density at radius 3 is 2.67 bits per heavy atom. The molecule has 0 bridgehead atoms. The minimum atomic E-state index is -1.34. The van der Waals surface area contributed by atoms with Gasteiger partial charge in [-0.15, -0.1) is 0 Å². The van der Waals surface area contributed by atoms with Gasteiger partial charge in [0.2, 0.25) is 11.7 Å². The van der Waals surface area contributed by atoms with Crippen molar-refractivity contribution in [1.82, 2.24) is 9.55 Å². The maximum atomic E-state index is 13.1. The van der Waals surface area contributed by atoms with Gasteiger partial charge < -0.3 is 9.84 Å². The molecule has 1 rings (SSSR count). The molecule has 6 nitrogen and oxygen atoms in total. The molecule has 7 heteroatoms. The van der Waals surface area contributed by atoms with Crippen molar-refractivity contribution in [3.05, 3.63) is 26.7 Å². The van der Waals surface area contributed by atoms with Gasteiger partial charge >= 0.3 is 5.69 Å². The van der Waals surface area contributed by atoms with Gasteiger partial charge in [0.25, 0.3) is 5.56 Å². The van der Waals surface area contributed by atoms with E-state index in [1.165, 1.54) is 0 Å². The summed E-state index contributed by atoms with van der Waals surface area (Å²) in [5, 5.41) is 9.34. The van der Waals surface area contributed by atoms with Gasteiger partial charge in [0.1, 0.15) is 0 Å². The van der Waals surface area contributed by atoms with Crippen LogP contribution in [0.1, 0.15) is 26.7 Å². The molecule has 0 aromatic carbocycles. The number of halogens is 1. The Labute approximate surface area is 103 Å². The lowest BCUT2D eigenvalue weighted by molar-refractivity contribution is 0.0752. The highest BCUT2D eigenvalue weighted by Crippen LogP contribution is 2.08. The smallest absolute Gasteiger partial charge is 0.331 e.